The summed E-state index contributed by atoms with van der Waals surface area (Å²) in [4.78, 5) is 14.9. The summed E-state index contributed by atoms with van der Waals surface area (Å²) >= 11 is 0. The molecule has 0 aromatic heterocycles. The van der Waals surface area contributed by atoms with Crippen LogP contribution in [0.3, 0.4) is 0 Å². The molecule has 0 aromatic rings. The molecule has 0 aromatic carbocycles. The summed E-state index contributed by atoms with van der Waals surface area (Å²) in [5, 5.41) is 0. The molecule has 2 fully saturated rings. The van der Waals surface area contributed by atoms with Gasteiger partial charge >= 0.3 is 0 Å². The maximum absolute atomic E-state index is 12.8. The van der Waals surface area contributed by atoms with Crippen molar-refractivity contribution in [3.8, 4) is 0 Å². The molecule has 2 aliphatic rings. The molecule has 1 saturated carbocycles. The fraction of sp³-hybridized carbons (Fsp3) is 0.933. The van der Waals surface area contributed by atoms with Gasteiger partial charge in [-0.3, -0.25) is 4.79 Å². The smallest absolute Gasteiger partial charge is 0.228 e. The highest BCUT2D eigenvalue weighted by molar-refractivity contribution is 5.85. The Hall–Kier alpha value is -0.280. The van der Waals surface area contributed by atoms with Gasteiger partial charge in [-0.1, -0.05) is 33.6 Å². The first-order chi connectivity index (χ1) is 8.41. The van der Waals surface area contributed by atoms with E-state index in [0.29, 0.717) is 5.91 Å². The molecule has 1 unspecified atom stereocenters. The van der Waals surface area contributed by atoms with Crippen molar-refractivity contribution in [2.24, 2.45) is 16.6 Å². The lowest BCUT2D eigenvalue weighted by Crippen LogP contribution is -2.56. The third kappa shape index (κ3) is 3.08. The summed E-state index contributed by atoms with van der Waals surface area (Å²) in [6.45, 7) is 8.22. The number of amides is 1. The molecule has 1 heterocycles. The van der Waals surface area contributed by atoms with E-state index < -0.39 is 0 Å². The van der Waals surface area contributed by atoms with E-state index in [0.717, 1.165) is 38.8 Å². The van der Waals surface area contributed by atoms with Gasteiger partial charge in [-0.05, 0) is 31.1 Å². The predicted molar refractivity (Wildman–Crippen MR) is 81.4 cm³/mol. The zero-order chi connectivity index (χ0) is 13.4. The molecular weight excluding hydrogens is 260 g/mol. The van der Waals surface area contributed by atoms with Crippen LogP contribution in [0.25, 0.3) is 0 Å². The van der Waals surface area contributed by atoms with Gasteiger partial charge in [0.1, 0.15) is 0 Å². The molecule has 1 atom stereocenters. The largest absolute Gasteiger partial charge is 0.342 e. The fourth-order valence-electron chi connectivity index (χ4n) is 3.65. The van der Waals surface area contributed by atoms with Crippen molar-refractivity contribution in [3.05, 3.63) is 0 Å². The molecule has 1 saturated heterocycles. The average molecular weight is 289 g/mol. The van der Waals surface area contributed by atoms with Crippen LogP contribution in [0.5, 0.6) is 0 Å². The molecule has 19 heavy (non-hydrogen) atoms. The molecule has 1 aliphatic heterocycles. The summed E-state index contributed by atoms with van der Waals surface area (Å²) in [5.74, 6) is 0.405. The number of nitrogens with zero attached hydrogens (tertiary/aromatic N) is 1. The number of rotatable bonds is 2. The van der Waals surface area contributed by atoms with Gasteiger partial charge < -0.3 is 10.6 Å². The van der Waals surface area contributed by atoms with E-state index in [1.807, 2.05) is 0 Å². The van der Waals surface area contributed by atoms with Crippen molar-refractivity contribution >= 4 is 18.3 Å². The molecular formula is C15H29ClN2O. The third-order valence-electron chi connectivity index (χ3n) is 5.29. The van der Waals surface area contributed by atoms with Crippen molar-refractivity contribution in [2.45, 2.75) is 65.3 Å². The Morgan fingerprint density at radius 1 is 1.32 bits per heavy atom. The van der Waals surface area contributed by atoms with Crippen LogP contribution in [-0.2, 0) is 4.79 Å². The number of piperidine rings is 1. The second-order valence-corrected chi connectivity index (χ2v) is 6.95. The molecule has 2 N–H and O–H groups in total. The zero-order valence-electron chi connectivity index (χ0n) is 12.6. The van der Waals surface area contributed by atoms with Gasteiger partial charge in [0.05, 0.1) is 0 Å². The minimum atomic E-state index is -0.0441. The summed E-state index contributed by atoms with van der Waals surface area (Å²) in [7, 11) is 0. The Kier molecular flexibility index (Phi) is 5.30. The van der Waals surface area contributed by atoms with Crippen LogP contribution in [0.1, 0.15) is 59.3 Å². The second-order valence-electron chi connectivity index (χ2n) is 6.95. The second kappa shape index (κ2) is 6.01. The van der Waals surface area contributed by atoms with Gasteiger partial charge in [0.15, 0.2) is 0 Å². The SMILES string of the molecule is CCC1(C(=O)N2CCC(N)C(C)(C)C2)CCCC1.Cl. The summed E-state index contributed by atoms with van der Waals surface area (Å²) < 4.78 is 0. The molecule has 4 heteroatoms. The highest BCUT2D eigenvalue weighted by atomic mass is 35.5. The maximum Gasteiger partial charge on any atom is 0.228 e. The van der Waals surface area contributed by atoms with Crippen molar-refractivity contribution in [2.75, 3.05) is 13.1 Å². The molecule has 3 nitrogen and oxygen atoms in total. The first kappa shape index (κ1) is 16.8. The van der Waals surface area contributed by atoms with Crippen molar-refractivity contribution in [1.29, 1.82) is 0 Å². The minimum Gasteiger partial charge on any atom is -0.342 e. The van der Waals surface area contributed by atoms with Crippen molar-refractivity contribution in [1.82, 2.24) is 4.90 Å². The number of likely N-dealkylation sites (tertiary alicyclic amines) is 1. The minimum absolute atomic E-state index is 0. The van der Waals surface area contributed by atoms with Crippen LogP contribution in [0.2, 0.25) is 0 Å². The molecule has 112 valence electrons. The van der Waals surface area contributed by atoms with E-state index in [2.05, 4.69) is 25.7 Å². The van der Waals surface area contributed by atoms with E-state index in [4.69, 9.17) is 5.73 Å². The normalized spacial score (nSPS) is 28.8. The number of carbonyl (C=O) groups excluding carboxylic acids is 1. The van der Waals surface area contributed by atoms with Gasteiger partial charge in [0, 0.05) is 24.5 Å². The van der Waals surface area contributed by atoms with Crippen LogP contribution in [0.15, 0.2) is 0 Å². The number of carbonyl (C=O) groups is 1. The van der Waals surface area contributed by atoms with Gasteiger partial charge in [-0.15, -0.1) is 12.4 Å². The average Bonchev–Trinajstić information content (AvgIpc) is 2.81. The van der Waals surface area contributed by atoms with Crippen molar-refractivity contribution in [3.63, 3.8) is 0 Å². The number of halogens is 1. The summed E-state index contributed by atoms with van der Waals surface area (Å²) in [5.41, 5.74) is 6.17. The van der Waals surface area contributed by atoms with Crippen LogP contribution in [-0.4, -0.2) is 29.9 Å². The van der Waals surface area contributed by atoms with E-state index in [1.165, 1.54) is 12.8 Å². The van der Waals surface area contributed by atoms with Crippen LogP contribution < -0.4 is 5.73 Å². The Balaban J connectivity index is 0.00000180. The lowest BCUT2D eigenvalue weighted by atomic mass is 9.77. The molecule has 2 rings (SSSR count). The summed E-state index contributed by atoms with van der Waals surface area (Å²) in [6.07, 6.45) is 6.55. The lowest BCUT2D eigenvalue weighted by Gasteiger charge is -2.45. The topological polar surface area (TPSA) is 46.3 Å². The Morgan fingerprint density at radius 2 is 1.89 bits per heavy atom. The van der Waals surface area contributed by atoms with Crippen molar-refractivity contribution < 1.29 is 4.79 Å². The molecule has 0 radical (unpaired) electrons. The van der Waals surface area contributed by atoms with E-state index in [9.17, 15) is 4.79 Å². The summed E-state index contributed by atoms with van der Waals surface area (Å²) in [6, 6.07) is 0.225. The first-order valence-corrected chi connectivity index (χ1v) is 7.46. The number of nitrogens with two attached hydrogens (primary N) is 1. The highest BCUT2D eigenvalue weighted by Gasteiger charge is 2.44. The lowest BCUT2D eigenvalue weighted by molar-refractivity contribution is -0.145. The molecule has 1 amide bonds. The first-order valence-electron chi connectivity index (χ1n) is 7.46. The van der Waals surface area contributed by atoms with Gasteiger partial charge in [-0.25, -0.2) is 0 Å². The third-order valence-corrected chi connectivity index (χ3v) is 5.29. The fourth-order valence-corrected chi connectivity index (χ4v) is 3.65. The van der Waals surface area contributed by atoms with Crippen LogP contribution in [0.4, 0.5) is 0 Å². The quantitative estimate of drug-likeness (QED) is 0.849. The Morgan fingerprint density at radius 3 is 2.37 bits per heavy atom. The van der Waals surface area contributed by atoms with E-state index in [-0.39, 0.29) is 29.3 Å². The van der Waals surface area contributed by atoms with E-state index in [1.54, 1.807) is 0 Å². The molecule has 0 spiro atoms. The highest BCUT2D eigenvalue weighted by Crippen LogP contribution is 2.43. The molecule has 0 bridgehead atoms. The number of hydrogen-bond donors (Lipinski definition) is 1. The van der Waals surface area contributed by atoms with Gasteiger partial charge in [0.25, 0.3) is 0 Å². The van der Waals surface area contributed by atoms with Gasteiger partial charge in [0.2, 0.25) is 5.91 Å². The van der Waals surface area contributed by atoms with Gasteiger partial charge in [-0.2, -0.15) is 0 Å². The predicted octanol–water partition coefficient (Wildman–Crippen LogP) is 2.96. The van der Waals surface area contributed by atoms with Crippen LogP contribution in [0, 0.1) is 10.8 Å². The number of hydrogen-bond acceptors (Lipinski definition) is 2. The zero-order valence-corrected chi connectivity index (χ0v) is 13.4. The monoisotopic (exact) mass is 288 g/mol. The standard InChI is InChI=1S/C15H28N2O.ClH/c1-4-15(8-5-6-9-15)13(18)17-10-7-12(16)14(2,3)11-17;/h12H,4-11,16H2,1-3H3;1H. The van der Waals surface area contributed by atoms with E-state index >= 15 is 0 Å². The van der Waals surface area contributed by atoms with Crippen LogP contribution >= 0.6 is 12.4 Å². The molecule has 1 aliphatic carbocycles. The Labute approximate surface area is 123 Å². The Bertz CT molecular complexity index is 324. The maximum atomic E-state index is 12.8.